The normalized spacial score (nSPS) is 10.4. The molecule has 0 radical (unpaired) electrons. The van der Waals surface area contributed by atoms with Crippen molar-refractivity contribution in [2.45, 2.75) is 27.2 Å². The lowest BCUT2D eigenvalue weighted by Crippen LogP contribution is -2.00. The molecule has 3 nitrogen and oxygen atoms in total. The van der Waals surface area contributed by atoms with Gasteiger partial charge in [0.1, 0.15) is 16.7 Å². The summed E-state index contributed by atoms with van der Waals surface area (Å²) in [6.07, 6.45) is 0.726. The third-order valence-corrected chi connectivity index (χ3v) is 3.01. The third kappa shape index (κ3) is 2.79. The van der Waals surface area contributed by atoms with Gasteiger partial charge in [0, 0.05) is 12.0 Å². The van der Waals surface area contributed by atoms with Crippen LogP contribution in [0.15, 0.2) is 24.3 Å². The maximum absolute atomic E-state index is 6.06. The van der Waals surface area contributed by atoms with Gasteiger partial charge in [-0.1, -0.05) is 36.2 Å². The van der Waals surface area contributed by atoms with Gasteiger partial charge in [-0.25, -0.2) is 4.98 Å². The van der Waals surface area contributed by atoms with Crippen LogP contribution in [0.3, 0.4) is 0 Å². The van der Waals surface area contributed by atoms with Crippen LogP contribution in [0.2, 0.25) is 5.15 Å². The van der Waals surface area contributed by atoms with Gasteiger partial charge in [0.2, 0.25) is 5.88 Å². The lowest BCUT2D eigenvalue weighted by atomic mass is 10.2. The van der Waals surface area contributed by atoms with E-state index in [1.807, 2.05) is 45.0 Å². The summed E-state index contributed by atoms with van der Waals surface area (Å²) in [5, 5.41) is 0.448. The maximum Gasteiger partial charge on any atom is 0.226 e. The highest BCUT2D eigenvalue weighted by Crippen LogP contribution is 2.27. The molecule has 0 aliphatic carbocycles. The average Bonchev–Trinajstić information content (AvgIpc) is 2.37. The molecule has 0 fully saturated rings. The first-order valence-electron chi connectivity index (χ1n) is 5.87. The van der Waals surface area contributed by atoms with Crippen LogP contribution in [-0.4, -0.2) is 9.97 Å². The topological polar surface area (TPSA) is 35.0 Å². The second-order valence-corrected chi connectivity index (χ2v) is 4.49. The summed E-state index contributed by atoms with van der Waals surface area (Å²) in [5.74, 6) is 1.96. The van der Waals surface area contributed by atoms with E-state index in [4.69, 9.17) is 16.3 Å². The van der Waals surface area contributed by atoms with Crippen molar-refractivity contribution in [2.75, 3.05) is 0 Å². The molecule has 1 heterocycles. The molecule has 0 atom stereocenters. The van der Waals surface area contributed by atoms with Crippen molar-refractivity contribution in [3.05, 3.63) is 46.4 Å². The Bertz CT molecular complexity index is 552. The molecule has 4 heteroatoms. The van der Waals surface area contributed by atoms with Gasteiger partial charge in [0.15, 0.2) is 0 Å². The summed E-state index contributed by atoms with van der Waals surface area (Å²) in [7, 11) is 0. The van der Waals surface area contributed by atoms with Gasteiger partial charge in [0.25, 0.3) is 0 Å². The van der Waals surface area contributed by atoms with Crippen LogP contribution < -0.4 is 4.74 Å². The highest BCUT2D eigenvalue weighted by atomic mass is 35.5. The smallest absolute Gasteiger partial charge is 0.226 e. The monoisotopic (exact) mass is 262 g/mol. The van der Waals surface area contributed by atoms with Crippen LogP contribution in [0.25, 0.3) is 0 Å². The van der Waals surface area contributed by atoms with Gasteiger partial charge < -0.3 is 4.74 Å². The fourth-order valence-corrected chi connectivity index (χ4v) is 1.67. The Morgan fingerprint density at radius 2 is 1.78 bits per heavy atom. The number of hydrogen-bond donors (Lipinski definition) is 0. The van der Waals surface area contributed by atoms with Crippen molar-refractivity contribution in [3.63, 3.8) is 0 Å². The first kappa shape index (κ1) is 12.8. The molecule has 0 saturated heterocycles. The zero-order valence-electron chi connectivity index (χ0n) is 10.7. The molecule has 0 aliphatic heterocycles. The van der Waals surface area contributed by atoms with Gasteiger partial charge in [-0.05, 0) is 26.0 Å². The zero-order chi connectivity index (χ0) is 13.1. The highest BCUT2D eigenvalue weighted by Gasteiger charge is 2.10. The number of halogens is 1. The molecule has 0 saturated carbocycles. The van der Waals surface area contributed by atoms with Crippen LogP contribution in [0.4, 0.5) is 0 Å². The van der Waals surface area contributed by atoms with Crippen LogP contribution in [-0.2, 0) is 6.42 Å². The van der Waals surface area contributed by atoms with Crippen molar-refractivity contribution in [2.24, 2.45) is 0 Å². The van der Waals surface area contributed by atoms with Crippen molar-refractivity contribution in [1.82, 2.24) is 9.97 Å². The van der Waals surface area contributed by atoms with Gasteiger partial charge in [-0.3, -0.25) is 0 Å². The van der Waals surface area contributed by atoms with E-state index < -0.39 is 0 Å². The molecule has 2 rings (SSSR count). The number of rotatable bonds is 3. The molecular formula is C14H15ClN2O. The van der Waals surface area contributed by atoms with Crippen molar-refractivity contribution in [1.29, 1.82) is 0 Å². The molecular weight excluding hydrogens is 248 g/mol. The molecule has 0 bridgehead atoms. The lowest BCUT2D eigenvalue weighted by Gasteiger charge is -2.10. The standard InChI is InChI=1S/C14H15ClN2O/c1-4-12-16-13(15)10(3)14(17-12)18-11-7-5-9(2)6-8-11/h5-8H,4H2,1-3H3. The van der Waals surface area contributed by atoms with Crippen LogP contribution in [0, 0.1) is 13.8 Å². The van der Waals surface area contributed by atoms with E-state index in [1.165, 1.54) is 5.56 Å². The number of nitrogens with zero attached hydrogens (tertiary/aromatic N) is 2. The van der Waals surface area contributed by atoms with E-state index in [0.29, 0.717) is 16.9 Å². The summed E-state index contributed by atoms with van der Waals surface area (Å²) < 4.78 is 5.75. The van der Waals surface area contributed by atoms with Crippen molar-refractivity contribution in [3.8, 4) is 11.6 Å². The fourth-order valence-electron chi connectivity index (χ4n) is 1.49. The van der Waals surface area contributed by atoms with Crippen molar-refractivity contribution < 1.29 is 4.74 Å². The van der Waals surface area contributed by atoms with Gasteiger partial charge in [-0.2, -0.15) is 4.98 Å². The number of ether oxygens (including phenoxy) is 1. The van der Waals surface area contributed by atoms with E-state index in [-0.39, 0.29) is 0 Å². The van der Waals surface area contributed by atoms with Gasteiger partial charge in [0.05, 0.1) is 0 Å². The van der Waals surface area contributed by atoms with Gasteiger partial charge in [-0.15, -0.1) is 0 Å². The minimum Gasteiger partial charge on any atom is -0.439 e. The van der Waals surface area contributed by atoms with E-state index in [1.54, 1.807) is 0 Å². The summed E-state index contributed by atoms with van der Waals surface area (Å²) in [6, 6.07) is 7.81. The number of aromatic nitrogens is 2. The van der Waals surface area contributed by atoms with E-state index in [2.05, 4.69) is 9.97 Å². The molecule has 0 spiro atoms. The van der Waals surface area contributed by atoms with Crippen molar-refractivity contribution >= 4 is 11.6 Å². The first-order chi connectivity index (χ1) is 8.60. The predicted molar refractivity (Wildman–Crippen MR) is 72.4 cm³/mol. The Morgan fingerprint density at radius 3 is 2.39 bits per heavy atom. The van der Waals surface area contributed by atoms with E-state index in [0.717, 1.165) is 17.7 Å². The third-order valence-electron chi connectivity index (χ3n) is 2.64. The summed E-state index contributed by atoms with van der Waals surface area (Å²) in [4.78, 5) is 8.53. The zero-order valence-corrected chi connectivity index (χ0v) is 11.5. The SMILES string of the molecule is CCc1nc(Cl)c(C)c(Oc2ccc(C)cc2)n1. The van der Waals surface area contributed by atoms with Crippen LogP contribution in [0.1, 0.15) is 23.9 Å². The fraction of sp³-hybridized carbons (Fsp3) is 0.286. The van der Waals surface area contributed by atoms with Gasteiger partial charge >= 0.3 is 0 Å². The molecule has 0 amide bonds. The Hall–Kier alpha value is -1.61. The number of benzene rings is 1. The largest absolute Gasteiger partial charge is 0.439 e. The molecule has 2 aromatic rings. The minimum absolute atomic E-state index is 0.448. The molecule has 0 N–H and O–H groups in total. The Morgan fingerprint density at radius 1 is 1.11 bits per heavy atom. The van der Waals surface area contributed by atoms with E-state index in [9.17, 15) is 0 Å². The van der Waals surface area contributed by atoms with E-state index >= 15 is 0 Å². The lowest BCUT2D eigenvalue weighted by molar-refractivity contribution is 0.454. The second-order valence-electron chi connectivity index (χ2n) is 4.13. The average molecular weight is 263 g/mol. The maximum atomic E-state index is 6.06. The Balaban J connectivity index is 2.33. The number of aryl methyl sites for hydroxylation is 2. The molecule has 94 valence electrons. The molecule has 1 aromatic carbocycles. The highest BCUT2D eigenvalue weighted by molar-refractivity contribution is 6.30. The molecule has 0 unspecified atom stereocenters. The Kier molecular flexibility index (Phi) is 3.82. The number of hydrogen-bond acceptors (Lipinski definition) is 3. The quantitative estimate of drug-likeness (QED) is 0.781. The van der Waals surface area contributed by atoms with Crippen LogP contribution in [0.5, 0.6) is 11.6 Å². The predicted octanol–water partition coefficient (Wildman–Crippen LogP) is 4.10. The molecule has 0 aliphatic rings. The summed E-state index contributed by atoms with van der Waals surface area (Å²) in [5.41, 5.74) is 1.95. The second kappa shape index (κ2) is 5.36. The Labute approximate surface area is 112 Å². The molecule has 18 heavy (non-hydrogen) atoms. The summed E-state index contributed by atoms with van der Waals surface area (Å²) in [6.45, 7) is 5.87. The molecule has 1 aromatic heterocycles. The summed E-state index contributed by atoms with van der Waals surface area (Å²) >= 11 is 6.06. The first-order valence-corrected chi connectivity index (χ1v) is 6.25. The van der Waals surface area contributed by atoms with Crippen LogP contribution >= 0.6 is 11.6 Å². The minimum atomic E-state index is 0.448.